The molecule has 104 valence electrons. The molecule has 1 fully saturated rings. The van der Waals surface area contributed by atoms with Crippen LogP contribution < -0.4 is 0 Å². The molecule has 0 saturated heterocycles. The second-order valence-corrected chi connectivity index (χ2v) is 6.85. The number of fused-ring (bicyclic) bond motifs is 1. The van der Waals surface area contributed by atoms with E-state index in [1.807, 2.05) is 0 Å². The standard InChI is InChI=1S/C17H30O/c1-12-6-8-15-14(3)7-9-16(17(15)11-12)13(2)5-4-10-18/h11,13-18H,4-10H2,1-3H3/t13-,14+,15-,16-,17-/m0/s1. The lowest BCUT2D eigenvalue weighted by molar-refractivity contribution is 0.0774. The van der Waals surface area contributed by atoms with Gasteiger partial charge in [0.1, 0.15) is 0 Å². The molecule has 0 aromatic carbocycles. The van der Waals surface area contributed by atoms with E-state index in [1.165, 1.54) is 32.1 Å². The van der Waals surface area contributed by atoms with Gasteiger partial charge in [-0.2, -0.15) is 0 Å². The first-order chi connectivity index (χ1) is 8.63. The third-order valence-electron chi connectivity index (χ3n) is 5.57. The molecule has 0 aromatic rings. The highest BCUT2D eigenvalue weighted by Gasteiger charge is 2.39. The number of aliphatic hydroxyl groups is 1. The fraction of sp³-hybridized carbons (Fsp3) is 0.882. The quantitative estimate of drug-likeness (QED) is 0.733. The van der Waals surface area contributed by atoms with Crippen LogP contribution in [-0.4, -0.2) is 11.7 Å². The van der Waals surface area contributed by atoms with Crippen LogP contribution in [0.3, 0.4) is 0 Å². The molecule has 1 nitrogen and oxygen atoms in total. The molecule has 1 N–H and O–H groups in total. The van der Waals surface area contributed by atoms with Gasteiger partial charge in [0.15, 0.2) is 0 Å². The lowest BCUT2D eigenvalue weighted by Gasteiger charge is -2.46. The van der Waals surface area contributed by atoms with Crippen LogP contribution >= 0.6 is 0 Å². The summed E-state index contributed by atoms with van der Waals surface area (Å²) in [7, 11) is 0. The molecular weight excluding hydrogens is 220 g/mol. The second kappa shape index (κ2) is 6.23. The van der Waals surface area contributed by atoms with E-state index < -0.39 is 0 Å². The molecule has 0 heterocycles. The average molecular weight is 250 g/mol. The molecule has 2 aliphatic carbocycles. The Balaban J connectivity index is 2.07. The van der Waals surface area contributed by atoms with Crippen molar-refractivity contribution in [2.45, 2.75) is 59.3 Å². The first-order valence-corrected chi connectivity index (χ1v) is 7.91. The summed E-state index contributed by atoms with van der Waals surface area (Å²) < 4.78 is 0. The summed E-state index contributed by atoms with van der Waals surface area (Å²) in [6.07, 6.45) is 10.3. The van der Waals surface area contributed by atoms with E-state index in [2.05, 4.69) is 26.8 Å². The third-order valence-corrected chi connectivity index (χ3v) is 5.57. The average Bonchev–Trinajstić information content (AvgIpc) is 2.36. The van der Waals surface area contributed by atoms with E-state index in [-0.39, 0.29) is 0 Å². The van der Waals surface area contributed by atoms with E-state index >= 15 is 0 Å². The van der Waals surface area contributed by atoms with Crippen LogP contribution in [0.15, 0.2) is 11.6 Å². The zero-order valence-corrected chi connectivity index (χ0v) is 12.4. The molecule has 1 saturated carbocycles. The Bertz CT molecular complexity index is 294. The zero-order valence-electron chi connectivity index (χ0n) is 12.4. The predicted molar refractivity (Wildman–Crippen MR) is 77.3 cm³/mol. The minimum absolute atomic E-state index is 0.358. The van der Waals surface area contributed by atoms with Crippen LogP contribution in [0.2, 0.25) is 0 Å². The molecule has 1 heteroatoms. The summed E-state index contributed by atoms with van der Waals surface area (Å²) in [4.78, 5) is 0. The number of aliphatic hydroxyl groups excluding tert-OH is 1. The predicted octanol–water partition coefficient (Wildman–Crippen LogP) is 4.41. The fourth-order valence-corrected chi connectivity index (χ4v) is 4.38. The van der Waals surface area contributed by atoms with Gasteiger partial charge < -0.3 is 5.11 Å². The van der Waals surface area contributed by atoms with Gasteiger partial charge in [0.25, 0.3) is 0 Å². The summed E-state index contributed by atoms with van der Waals surface area (Å²) in [5.41, 5.74) is 1.62. The van der Waals surface area contributed by atoms with Gasteiger partial charge in [0.05, 0.1) is 0 Å². The van der Waals surface area contributed by atoms with Crippen LogP contribution in [0.5, 0.6) is 0 Å². The highest BCUT2D eigenvalue weighted by Crippen LogP contribution is 2.48. The van der Waals surface area contributed by atoms with E-state index in [1.54, 1.807) is 5.57 Å². The summed E-state index contributed by atoms with van der Waals surface area (Å²) in [6, 6.07) is 0. The second-order valence-electron chi connectivity index (χ2n) is 6.85. The molecule has 0 aromatic heterocycles. The summed E-state index contributed by atoms with van der Waals surface area (Å²) >= 11 is 0. The summed E-state index contributed by atoms with van der Waals surface area (Å²) in [5.74, 6) is 4.33. The van der Waals surface area contributed by atoms with Gasteiger partial charge in [-0.15, -0.1) is 0 Å². The van der Waals surface area contributed by atoms with Crippen molar-refractivity contribution in [1.82, 2.24) is 0 Å². The molecule has 5 atom stereocenters. The van der Waals surface area contributed by atoms with Crippen molar-refractivity contribution < 1.29 is 5.11 Å². The van der Waals surface area contributed by atoms with Gasteiger partial charge in [0.2, 0.25) is 0 Å². The van der Waals surface area contributed by atoms with Crippen LogP contribution in [-0.2, 0) is 0 Å². The van der Waals surface area contributed by atoms with Gasteiger partial charge in [-0.1, -0.05) is 31.9 Å². The molecular formula is C17H30O. The van der Waals surface area contributed by atoms with Crippen LogP contribution in [0.1, 0.15) is 59.3 Å². The summed E-state index contributed by atoms with van der Waals surface area (Å²) in [5, 5.41) is 9.02. The van der Waals surface area contributed by atoms with Gasteiger partial charge in [-0.3, -0.25) is 0 Å². The van der Waals surface area contributed by atoms with E-state index in [9.17, 15) is 0 Å². The molecule has 0 spiro atoms. The van der Waals surface area contributed by atoms with Crippen molar-refractivity contribution in [2.24, 2.45) is 29.6 Å². The zero-order chi connectivity index (χ0) is 13.1. The van der Waals surface area contributed by atoms with Crippen molar-refractivity contribution in [2.75, 3.05) is 6.61 Å². The maximum atomic E-state index is 9.02. The Morgan fingerprint density at radius 2 is 2.11 bits per heavy atom. The minimum atomic E-state index is 0.358. The van der Waals surface area contributed by atoms with E-state index in [0.29, 0.717) is 6.61 Å². The van der Waals surface area contributed by atoms with Crippen molar-refractivity contribution in [3.05, 3.63) is 11.6 Å². The van der Waals surface area contributed by atoms with E-state index in [0.717, 1.165) is 36.0 Å². The SMILES string of the molecule is CC1=C[C@H]2[C@@H](CC1)[C@H](C)CC[C@H]2[C@@H](C)CCCO. The van der Waals surface area contributed by atoms with Crippen molar-refractivity contribution in [3.8, 4) is 0 Å². The molecule has 0 bridgehead atoms. The lowest BCUT2D eigenvalue weighted by atomic mass is 9.59. The molecule has 2 aliphatic rings. The first-order valence-electron chi connectivity index (χ1n) is 7.91. The highest BCUT2D eigenvalue weighted by atomic mass is 16.2. The molecule has 0 unspecified atom stereocenters. The van der Waals surface area contributed by atoms with Gasteiger partial charge in [-0.25, -0.2) is 0 Å². The number of allylic oxidation sites excluding steroid dienone is 2. The Morgan fingerprint density at radius 1 is 1.33 bits per heavy atom. The van der Waals surface area contributed by atoms with Crippen molar-refractivity contribution in [1.29, 1.82) is 0 Å². The summed E-state index contributed by atoms with van der Waals surface area (Å²) in [6.45, 7) is 7.54. The monoisotopic (exact) mass is 250 g/mol. The number of hydrogen-bond donors (Lipinski definition) is 1. The first kappa shape index (κ1) is 14.1. The molecule has 2 rings (SSSR count). The maximum absolute atomic E-state index is 9.02. The van der Waals surface area contributed by atoms with Crippen molar-refractivity contribution >= 4 is 0 Å². The number of rotatable bonds is 4. The lowest BCUT2D eigenvalue weighted by Crippen LogP contribution is -2.37. The normalized spacial score (nSPS) is 37.9. The largest absolute Gasteiger partial charge is 0.396 e. The Labute approximate surface area is 113 Å². The Morgan fingerprint density at radius 3 is 2.83 bits per heavy atom. The molecule has 18 heavy (non-hydrogen) atoms. The number of hydrogen-bond acceptors (Lipinski definition) is 1. The third kappa shape index (κ3) is 2.99. The van der Waals surface area contributed by atoms with Gasteiger partial charge in [0, 0.05) is 6.61 Å². The van der Waals surface area contributed by atoms with Crippen molar-refractivity contribution in [3.63, 3.8) is 0 Å². The van der Waals surface area contributed by atoms with Crippen LogP contribution in [0, 0.1) is 29.6 Å². The smallest absolute Gasteiger partial charge is 0.0431 e. The fourth-order valence-electron chi connectivity index (χ4n) is 4.38. The minimum Gasteiger partial charge on any atom is -0.396 e. The van der Waals surface area contributed by atoms with Crippen LogP contribution in [0.4, 0.5) is 0 Å². The molecule has 0 amide bonds. The maximum Gasteiger partial charge on any atom is 0.0431 e. The van der Waals surface area contributed by atoms with Gasteiger partial charge in [-0.05, 0) is 68.6 Å². The molecule has 0 radical (unpaired) electrons. The Hall–Kier alpha value is -0.300. The van der Waals surface area contributed by atoms with E-state index in [4.69, 9.17) is 5.11 Å². The Kier molecular flexibility index (Phi) is 4.89. The van der Waals surface area contributed by atoms with Crippen LogP contribution in [0.25, 0.3) is 0 Å². The highest BCUT2D eigenvalue weighted by molar-refractivity contribution is 5.11. The molecule has 0 aliphatic heterocycles. The topological polar surface area (TPSA) is 20.2 Å². The van der Waals surface area contributed by atoms with Gasteiger partial charge >= 0.3 is 0 Å².